The van der Waals surface area contributed by atoms with Crippen LogP contribution in [0.3, 0.4) is 0 Å². The Morgan fingerprint density at radius 2 is 0.849 bits per heavy atom. The Morgan fingerprint density at radius 3 is 1.58 bits per heavy atom. The summed E-state index contributed by atoms with van der Waals surface area (Å²) >= 11 is 0. The number of nitrogens with zero attached hydrogens (tertiary/aromatic N) is 2. The van der Waals surface area contributed by atoms with E-state index in [4.69, 9.17) is 14.4 Å². The van der Waals surface area contributed by atoms with Gasteiger partial charge in [-0.25, -0.2) is 9.97 Å². The molecule has 0 N–H and O–H groups in total. The second-order valence-corrected chi connectivity index (χ2v) is 13.4. The molecule has 0 saturated carbocycles. The van der Waals surface area contributed by atoms with Gasteiger partial charge in [-0.2, -0.15) is 0 Å². The van der Waals surface area contributed by atoms with E-state index in [1.165, 1.54) is 21.9 Å². The van der Waals surface area contributed by atoms with Crippen LogP contribution in [0.1, 0.15) is 0 Å². The molecule has 0 bridgehead atoms. The topological polar surface area (TPSA) is 38.9 Å². The van der Waals surface area contributed by atoms with E-state index in [9.17, 15) is 0 Å². The predicted octanol–water partition coefficient (Wildman–Crippen LogP) is 13.5. The van der Waals surface area contributed by atoms with Crippen molar-refractivity contribution in [1.29, 1.82) is 0 Å². The first kappa shape index (κ1) is 30.7. The molecule has 248 valence electrons. The van der Waals surface area contributed by atoms with Gasteiger partial charge < -0.3 is 4.42 Å². The SMILES string of the molecule is c1ccc(-c2ccc(-c3cc(-c4cccc(-c5cccc(-c6cccc7c6oc6cc8ccccc8cc67)c5)c4)nc(-c4ccccc4)n3)cc2)cc1. The van der Waals surface area contributed by atoms with Crippen molar-refractivity contribution in [3.8, 4) is 67.3 Å². The van der Waals surface area contributed by atoms with Gasteiger partial charge in [-0.3, -0.25) is 0 Å². The third-order valence-electron chi connectivity index (χ3n) is 10.1. The fraction of sp³-hybridized carbons (Fsp3) is 0. The number of hydrogen-bond acceptors (Lipinski definition) is 3. The van der Waals surface area contributed by atoms with E-state index in [1.54, 1.807) is 0 Å². The normalized spacial score (nSPS) is 11.4. The Kier molecular flexibility index (Phi) is 7.47. The monoisotopic (exact) mass is 676 g/mol. The van der Waals surface area contributed by atoms with Gasteiger partial charge in [0.2, 0.25) is 0 Å². The Balaban J connectivity index is 1.04. The third kappa shape index (κ3) is 5.75. The van der Waals surface area contributed by atoms with Gasteiger partial charge in [0.1, 0.15) is 11.2 Å². The molecule has 3 heteroatoms. The average Bonchev–Trinajstić information content (AvgIpc) is 3.61. The molecule has 10 aromatic rings. The van der Waals surface area contributed by atoms with Crippen LogP contribution in [0.25, 0.3) is 100.0 Å². The second-order valence-electron chi connectivity index (χ2n) is 13.4. The Morgan fingerprint density at radius 1 is 0.321 bits per heavy atom. The molecule has 0 radical (unpaired) electrons. The van der Waals surface area contributed by atoms with Crippen LogP contribution in [0.5, 0.6) is 0 Å². The van der Waals surface area contributed by atoms with Gasteiger partial charge in [0.25, 0.3) is 0 Å². The zero-order valence-electron chi connectivity index (χ0n) is 28.8. The van der Waals surface area contributed by atoms with Crippen molar-refractivity contribution in [1.82, 2.24) is 9.97 Å². The minimum Gasteiger partial charge on any atom is -0.455 e. The highest BCUT2D eigenvalue weighted by Crippen LogP contribution is 2.39. The number of hydrogen-bond donors (Lipinski definition) is 0. The number of para-hydroxylation sites is 1. The summed E-state index contributed by atoms with van der Waals surface area (Å²) in [6.07, 6.45) is 0. The highest BCUT2D eigenvalue weighted by Gasteiger charge is 2.15. The molecule has 0 unspecified atom stereocenters. The van der Waals surface area contributed by atoms with Crippen LogP contribution in [0, 0.1) is 0 Å². The first-order valence-electron chi connectivity index (χ1n) is 17.9. The molecule has 2 aromatic heterocycles. The summed E-state index contributed by atoms with van der Waals surface area (Å²) in [7, 11) is 0. The maximum atomic E-state index is 6.58. The highest BCUT2D eigenvalue weighted by molar-refractivity contribution is 6.13. The van der Waals surface area contributed by atoms with Crippen LogP contribution in [0.15, 0.2) is 199 Å². The van der Waals surface area contributed by atoms with Crippen LogP contribution in [-0.4, -0.2) is 9.97 Å². The molecule has 0 atom stereocenters. The van der Waals surface area contributed by atoms with E-state index < -0.39 is 0 Å². The van der Waals surface area contributed by atoms with Gasteiger partial charge in [-0.1, -0.05) is 164 Å². The Bertz CT molecular complexity index is 2930. The standard InChI is InChI=1S/C50H32N2O/c1-3-12-33(13-4-1)34-24-26-35(27-25-34)46-32-47(52-50(51-46)36-14-5-2-6-15-36)42-21-10-19-38(29-42)37-18-9-20-41(28-37)43-22-11-23-44-45-30-39-16-7-8-17-40(39)31-48(45)53-49(43)44/h1-32H. The molecule has 2 heterocycles. The van der Waals surface area contributed by atoms with Gasteiger partial charge >= 0.3 is 0 Å². The zero-order valence-corrected chi connectivity index (χ0v) is 28.8. The molecule has 10 rings (SSSR count). The summed E-state index contributed by atoms with van der Waals surface area (Å²) in [5, 5.41) is 4.65. The van der Waals surface area contributed by atoms with Crippen LogP contribution >= 0.6 is 0 Å². The lowest BCUT2D eigenvalue weighted by atomic mass is 9.96. The van der Waals surface area contributed by atoms with Gasteiger partial charge in [0.05, 0.1) is 11.4 Å². The van der Waals surface area contributed by atoms with Crippen molar-refractivity contribution in [2.45, 2.75) is 0 Å². The Hall–Kier alpha value is -7.10. The molecule has 0 aliphatic rings. The molecule has 0 saturated heterocycles. The first-order chi connectivity index (χ1) is 26.2. The summed E-state index contributed by atoms with van der Waals surface area (Å²) in [5.74, 6) is 0.699. The summed E-state index contributed by atoms with van der Waals surface area (Å²) in [6.45, 7) is 0. The lowest BCUT2D eigenvalue weighted by molar-refractivity contribution is 0.670. The van der Waals surface area contributed by atoms with Crippen LogP contribution in [0.2, 0.25) is 0 Å². The number of fused-ring (bicyclic) bond motifs is 4. The van der Waals surface area contributed by atoms with Crippen LogP contribution < -0.4 is 0 Å². The van der Waals surface area contributed by atoms with Gasteiger partial charge in [0, 0.05) is 33.0 Å². The lowest BCUT2D eigenvalue weighted by Crippen LogP contribution is -1.96. The second kappa shape index (κ2) is 12.9. The van der Waals surface area contributed by atoms with Crippen molar-refractivity contribution in [3.63, 3.8) is 0 Å². The zero-order chi connectivity index (χ0) is 35.1. The van der Waals surface area contributed by atoms with Crippen LogP contribution in [-0.2, 0) is 0 Å². The molecule has 0 fully saturated rings. The molecule has 0 aliphatic heterocycles. The average molecular weight is 677 g/mol. The van der Waals surface area contributed by atoms with Crippen molar-refractivity contribution in [2.75, 3.05) is 0 Å². The van der Waals surface area contributed by atoms with E-state index in [-0.39, 0.29) is 0 Å². The molecule has 0 amide bonds. The predicted molar refractivity (Wildman–Crippen MR) is 219 cm³/mol. The fourth-order valence-electron chi connectivity index (χ4n) is 7.36. The van der Waals surface area contributed by atoms with Crippen molar-refractivity contribution in [2.24, 2.45) is 0 Å². The minimum absolute atomic E-state index is 0.699. The Labute approximate surface area is 307 Å². The molecule has 0 aliphatic carbocycles. The summed E-state index contributed by atoms with van der Waals surface area (Å²) in [6, 6.07) is 68.0. The maximum absolute atomic E-state index is 6.58. The largest absolute Gasteiger partial charge is 0.455 e. The van der Waals surface area contributed by atoms with Crippen molar-refractivity contribution < 1.29 is 4.42 Å². The molecule has 3 nitrogen and oxygen atoms in total. The highest BCUT2D eigenvalue weighted by atomic mass is 16.3. The smallest absolute Gasteiger partial charge is 0.160 e. The quantitative estimate of drug-likeness (QED) is 0.176. The van der Waals surface area contributed by atoms with E-state index >= 15 is 0 Å². The van der Waals surface area contributed by atoms with E-state index in [1.807, 2.05) is 24.3 Å². The van der Waals surface area contributed by atoms with Crippen LogP contribution in [0.4, 0.5) is 0 Å². The van der Waals surface area contributed by atoms with Gasteiger partial charge in [-0.05, 0) is 68.9 Å². The number of furan rings is 1. The third-order valence-corrected chi connectivity index (χ3v) is 10.1. The molecule has 0 spiro atoms. The molecule has 53 heavy (non-hydrogen) atoms. The van der Waals surface area contributed by atoms with E-state index in [0.29, 0.717) is 5.82 Å². The van der Waals surface area contributed by atoms with Crippen molar-refractivity contribution in [3.05, 3.63) is 194 Å². The number of aromatic nitrogens is 2. The summed E-state index contributed by atoms with van der Waals surface area (Å²) in [5.41, 5.74) is 13.4. The molecular formula is C50H32N2O. The maximum Gasteiger partial charge on any atom is 0.160 e. The first-order valence-corrected chi connectivity index (χ1v) is 17.9. The van der Waals surface area contributed by atoms with Gasteiger partial charge in [-0.15, -0.1) is 0 Å². The van der Waals surface area contributed by atoms with Crippen molar-refractivity contribution >= 4 is 32.7 Å². The summed E-state index contributed by atoms with van der Waals surface area (Å²) in [4.78, 5) is 10.2. The minimum atomic E-state index is 0.699. The van der Waals surface area contributed by atoms with E-state index in [0.717, 1.165) is 72.3 Å². The van der Waals surface area contributed by atoms with Gasteiger partial charge in [0.15, 0.2) is 5.82 Å². The molecular weight excluding hydrogens is 645 g/mol. The number of benzene rings is 8. The number of rotatable bonds is 6. The van der Waals surface area contributed by atoms with E-state index in [2.05, 4.69) is 170 Å². The molecule has 8 aromatic carbocycles. The lowest BCUT2D eigenvalue weighted by Gasteiger charge is -2.12. The fourth-order valence-corrected chi connectivity index (χ4v) is 7.36. The summed E-state index contributed by atoms with van der Waals surface area (Å²) < 4.78 is 6.58.